The fourth-order valence-corrected chi connectivity index (χ4v) is 2.91. The predicted octanol–water partition coefficient (Wildman–Crippen LogP) is 4.25. The van der Waals surface area contributed by atoms with E-state index in [2.05, 4.69) is 45.0 Å². The van der Waals surface area contributed by atoms with Crippen molar-refractivity contribution in [2.24, 2.45) is 0 Å². The summed E-state index contributed by atoms with van der Waals surface area (Å²) in [5.41, 5.74) is 3.59. The van der Waals surface area contributed by atoms with E-state index in [1.165, 1.54) is 19.3 Å². The summed E-state index contributed by atoms with van der Waals surface area (Å²) in [6.07, 6.45) is 3.98. The molecule has 0 bridgehead atoms. The molecule has 0 fully saturated rings. The molecule has 0 nitrogen and oxygen atoms in total. The zero-order valence-electron chi connectivity index (χ0n) is 9.51. The van der Waals surface area contributed by atoms with E-state index in [-0.39, 0.29) is 0 Å². The van der Waals surface area contributed by atoms with Gasteiger partial charge in [0, 0.05) is 0 Å². The van der Waals surface area contributed by atoms with Gasteiger partial charge >= 0.3 is 0 Å². The third kappa shape index (κ3) is 1.47. The first-order chi connectivity index (χ1) is 6.65. The molecule has 0 spiro atoms. The van der Waals surface area contributed by atoms with Gasteiger partial charge in [-0.05, 0) is 35.3 Å². The molecule has 1 atom stereocenters. The van der Waals surface area contributed by atoms with Gasteiger partial charge in [0.2, 0.25) is 0 Å². The highest BCUT2D eigenvalue weighted by Gasteiger charge is 2.35. The zero-order valence-corrected chi connectivity index (χ0v) is 9.51. The first kappa shape index (κ1) is 9.76. The largest absolute Gasteiger partial charge is 0.0654 e. The van der Waals surface area contributed by atoms with Gasteiger partial charge in [0.15, 0.2) is 0 Å². The van der Waals surface area contributed by atoms with Crippen LogP contribution in [-0.2, 0) is 5.41 Å². The van der Waals surface area contributed by atoms with Gasteiger partial charge in [0.25, 0.3) is 0 Å². The maximum absolute atomic E-state index is 2.38. The number of hydrogen-bond donors (Lipinski definition) is 0. The Morgan fingerprint density at radius 1 is 1.29 bits per heavy atom. The molecule has 0 amide bonds. The normalized spacial score (nSPS) is 23.5. The maximum Gasteiger partial charge on any atom is -0.00949 e. The Labute approximate surface area is 87.3 Å². The molecule has 1 aliphatic carbocycles. The average Bonchev–Trinajstić information content (AvgIpc) is 2.41. The number of fused-ring (bicyclic) bond motifs is 1. The van der Waals surface area contributed by atoms with Crippen LogP contribution >= 0.6 is 0 Å². The molecule has 0 radical (unpaired) electrons. The highest BCUT2D eigenvalue weighted by atomic mass is 14.4. The summed E-state index contributed by atoms with van der Waals surface area (Å²) in [6.45, 7) is 7.04. The Kier molecular flexibility index (Phi) is 2.38. The van der Waals surface area contributed by atoms with Crippen molar-refractivity contribution in [3.63, 3.8) is 0 Å². The van der Waals surface area contributed by atoms with Crippen LogP contribution in [0.3, 0.4) is 0 Å². The van der Waals surface area contributed by atoms with Gasteiger partial charge in [-0.1, -0.05) is 51.5 Å². The quantitative estimate of drug-likeness (QED) is 0.651. The van der Waals surface area contributed by atoms with E-state index in [4.69, 9.17) is 0 Å². The Hall–Kier alpha value is -0.780. The monoisotopic (exact) mass is 188 g/mol. The average molecular weight is 188 g/mol. The molecule has 0 saturated carbocycles. The van der Waals surface area contributed by atoms with Crippen LogP contribution in [0.15, 0.2) is 24.3 Å². The fraction of sp³-hybridized carbons (Fsp3) is 0.571. The van der Waals surface area contributed by atoms with E-state index in [0.717, 1.165) is 5.92 Å². The molecule has 2 rings (SSSR count). The maximum atomic E-state index is 2.38. The Morgan fingerprint density at radius 2 is 2.00 bits per heavy atom. The molecule has 0 aliphatic heterocycles. The summed E-state index contributed by atoms with van der Waals surface area (Å²) < 4.78 is 0. The van der Waals surface area contributed by atoms with Crippen molar-refractivity contribution in [3.05, 3.63) is 35.4 Å². The van der Waals surface area contributed by atoms with Crippen LogP contribution in [0.5, 0.6) is 0 Å². The molecule has 1 unspecified atom stereocenters. The second-order valence-electron chi connectivity index (χ2n) is 5.16. The highest BCUT2D eigenvalue weighted by Crippen LogP contribution is 2.47. The molecule has 0 aromatic heterocycles. The molecular weight excluding hydrogens is 168 g/mol. The SMILES string of the molecule is CCCC1CC(C)(C)c2ccccc21. The van der Waals surface area contributed by atoms with Crippen LogP contribution in [0.4, 0.5) is 0 Å². The van der Waals surface area contributed by atoms with Crippen molar-refractivity contribution in [2.45, 2.75) is 51.4 Å². The predicted molar refractivity (Wildman–Crippen MR) is 61.7 cm³/mol. The summed E-state index contributed by atoms with van der Waals surface area (Å²) in [4.78, 5) is 0. The van der Waals surface area contributed by atoms with Crippen LogP contribution in [0.1, 0.15) is 57.1 Å². The topological polar surface area (TPSA) is 0 Å². The van der Waals surface area contributed by atoms with Gasteiger partial charge in [-0.15, -0.1) is 0 Å². The van der Waals surface area contributed by atoms with Crippen molar-refractivity contribution in [1.29, 1.82) is 0 Å². The number of benzene rings is 1. The van der Waals surface area contributed by atoms with E-state index in [1.54, 1.807) is 11.1 Å². The Bertz CT molecular complexity index is 323. The summed E-state index contributed by atoms with van der Waals surface area (Å²) in [5.74, 6) is 0.811. The van der Waals surface area contributed by atoms with Crippen molar-refractivity contribution in [1.82, 2.24) is 0 Å². The Morgan fingerprint density at radius 3 is 2.71 bits per heavy atom. The third-order valence-electron chi connectivity index (χ3n) is 3.52. The number of hydrogen-bond acceptors (Lipinski definition) is 0. The lowest BCUT2D eigenvalue weighted by Crippen LogP contribution is -2.12. The standard InChI is InChI=1S/C14H20/c1-4-7-11-10-14(2,3)13-9-6-5-8-12(11)13/h5-6,8-9,11H,4,7,10H2,1-3H3. The van der Waals surface area contributed by atoms with Crippen LogP contribution in [0.2, 0.25) is 0 Å². The molecule has 0 heteroatoms. The second-order valence-corrected chi connectivity index (χ2v) is 5.16. The summed E-state index contributed by atoms with van der Waals surface area (Å²) in [7, 11) is 0. The van der Waals surface area contributed by atoms with Crippen molar-refractivity contribution in [2.75, 3.05) is 0 Å². The summed E-state index contributed by atoms with van der Waals surface area (Å²) in [5, 5.41) is 0. The van der Waals surface area contributed by atoms with Gasteiger partial charge < -0.3 is 0 Å². The summed E-state index contributed by atoms with van der Waals surface area (Å²) >= 11 is 0. The number of rotatable bonds is 2. The molecular formula is C14H20. The lowest BCUT2D eigenvalue weighted by atomic mass is 9.86. The van der Waals surface area contributed by atoms with Crippen molar-refractivity contribution < 1.29 is 0 Å². The van der Waals surface area contributed by atoms with Crippen LogP contribution in [0.25, 0.3) is 0 Å². The highest BCUT2D eigenvalue weighted by molar-refractivity contribution is 5.41. The van der Waals surface area contributed by atoms with Crippen LogP contribution < -0.4 is 0 Å². The van der Waals surface area contributed by atoms with Crippen molar-refractivity contribution >= 4 is 0 Å². The minimum absolute atomic E-state index is 0.399. The van der Waals surface area contributed by atoms with Gasteiger partial charge in [-0.2, -0.15) is 0 Å². The van der Waals surface area contributed by atoms with Gasteiger partial charge in [-0.3, -0.25) is 0 Å². The molecule has 0 N–H and O–H groups in total. The Balaban J connectivity index is 2.39. The fourth-order valence-electron chi connectivity index (χ4n) is 2.91. The van der Waals surface area contributed by atoms with E-state index in [1.807, 2.05) is 0 Å². The van der Waals surface area contributed by atoms with Crippen molar-refractivity contribution in [3.8, 4) is 0 Å². The van der Waals surface area contributed by atoms with Gasteiger partial charge in [0.1, 0.15) is 0 Å². The van der Waals surface area contributed by atoms with Crippen LogP contribution in [0, 0.1) is 0 Å². The molecule has 0 saturated heterocycles. The van der Waals surface area contributed by atoms with Gasteiger partial charge in [0.05, 0.1) is 0 Å². The first-order valence-electron chi connectivity index (χ1n) is 5.74. The van der Waals surface area contributed by atoms with E-state index in [0.29, 0.717) is 5.41 Å². The van der Waals surface area contributed by atoms with E-state index in [9.17, 15) is 0 Å². The van der Waals surface area contributed by atoms with E-state index >= 15 is 0 Å². The zero-order chi connectivity index (χ0) is 10.2. The van der Waals surface area contributed by atoms with Gasteiger partial charge in [-0.25, -0.2) is 0 Å². The molecule has 14 heavy (non-hydrogen) atoms. The molecule has 76 valence electrons. The summed E-state index contributed by atoms with van der Waals surface area (Å²) in [6, 6.07) is 8.99. The lowest BCUT2D eigenvalue weighted by molar-refractivity contribution is 0.458. The minimum atomic E-state index is 0.399. The third-order valence-corrected chi connectivity index (χ3v) is 3.52. The smallest absolute Gasteiger partial charge is 0.00949 e. The molecule has 0 heterocycles. The molecule has 1 aromatic rings. The minimum Gasteiger partial charge on any atom is -0.0654 e. The van der Waals surface area contributed by atoms with E-state index < -0.39 is 0 Å². The molecule has 1 aliphatic rings. The lowest BCUT2D eigenvalue weighted by Gasteiger charge is -2.19. The first-order valence-corrected chi connectivity index (χ1v) is 5.74. The van der Waals surface area contributed by atoms with Crippen LogP contribution in [-0.4, -0.2) is 0 Å². The second kappa shape index (κ2) is 3.42. The molecule has 1 aromatic carbocycles.